The monoisotopic (exact) mass is 287 g/mol. The minimum absolute atomic E-state index is 0.132. The lowest BCUT2D eigenvalue weighted by Gasteiger charge is -2.19. The van der Waals surface area contributed by atoms with Crippen molar-refractivity contribution in [2.24, 2.45) is 5.92 Å². The maximum absolute atomic E-state index is 13.0. The van der Waals surface area contributed by atoms with E-state index in [-0.39, 0.29) is 16.5 Å². The molecule has 0 aromatic heterocycles. The summed E-state index contributed by atoms with van der Waals surface area (Å²) >= 11 is 5.60. The van der Waals surface area contributed by atoms with Crippen molar-refractivity contribution in [1.29, 1.82) is 0 Å². The zero-order valence-electron chi connectivity index (χ0n) is 10.9. The van der Waals surface area contributed by atoms with E-state index < -0.39 is 23.7 Å². The molecule has 0 saturated heterocycles. The Hall–Kier alpha value is -1.62. The highest BCUT2D eigenvalue weighted by Crippen LogP contribution is 2.16. The summed E-state index contributed by atoms with van der Waals surface area (Å²) in [7, 11) is 1.25. The topological polar surface area (TPSA) is 55.4 Å². The van der Waals surface area contributed by atoms with Crippen molar-refractivity contribution in [3.05, 3.63) is 34.6 Å². The smallest absolute Gasteiger partial charge is 0.328 e. The fraction of sp³-hybridized carbons (Fsp3) is 0.385. The molecule has 0 bridgehead atoms. The van der Waals surface area contributed by atoms with Gasteiger partial charge in [0.2, 0.25) is 0 Å². The Morgan fingerprint density at radius 1 is 1.37 bits per heavy atom. The highest BCUT2D eigenvalue weighted by Gasteiger charge is 2.25. The summed E-state index contributed by atoms with van der Waals surface area (Å²) in [4.78, 5) is 23.5. The molecular weight excluding hydrogens is 273 g/mol. The van der Waals surface area contributed by atoms with Crippen LogP contribution in [0.15, 0.2) is 18.2 Å². The van der Waals surface area contributed by atoms with Crippen LogP contribution in [-0.4, -0.2) is 25.0 Å². The molecule has 1 aromatic carbocycles. The fourth-order valence-corrected chi connectivity index (χ4v) is 1.67. The molecule has 0 spiro atoms. The van der Waals surface area contributed by atoms with Crippen LogP contribution in [0.25, 0.3) is 0 Å². The first-order valence-corrected chi connectivity index (χ1v) is 6.08. The van der Waals surface area contributed by atoms with E-state index in [4.69, 9.17) is 11.6 Å². The van der Waals surface area contributed by atoms with E-state index in [1.807, 2.05) is 0 Å². The summed E-state index contributed by atoms with van der Waals surface area (Å²) < 4.78 is 17.6. The average Bonchev–Trinajstić information content (AvgIpc) is 2.37. The van der Waals surface area contributed by atoms with Crippen molar-refractivity contribution in [1.82, 2.24) is 5.32 Å². The van der Waals surface area contributed by atoms with E-state index in [0.717, 1.165) is 6.07 Å². The van der Waals surface area contributed by atoms with Gasteiger partial charge in [-0.05, 0) is 24.1 Å². The van der Waals surface area contributed by atoms with Crippen molar-refractivity contribution in [2.45, 2.75) is 19.9 Å². The van der Waals surface area contributed by atoms with Crippen LogP contribution in [0, 0.1) is 11.7 Å². The number of amides is 1. The van der Waals surface area contributed by atoms with Crippen LogP contribution in [0.3, 0.4) is 0 Å². The second kappa shape index (κ2) is 6.52. The minimum Gasteiger partial charge on any atom is -0.467 e. The van der Waals surface area contributed by atoms with Crippen LogP contribution >= 0.6 is 11.6 Å². The third-order valence-corrected chi connectivity index (χ3v) is 2.88. The van der Waals surface area contributed by atoms with Gasteiger partial charge >= 0.3 is 5.97 Å². The quantitative estimate of drug-likeness (QED) is 0.865. The number of ether oxygens (including phenoxy) is 1. The highest BCUT2D eigenvalue weighted by atomic mass is 35.5. The molecule has 104 valence electrons. The molecule has 0 saturated carbocycles. The molecular formula is C13H15ClFNO3. The van der Waals surface area contributed by atoms with Crippen molar-refractivity contribution < 1.29 is 18.7 Å². The second-order valence-corrected chi connectivity index (χ2v) is 4.75. The molecule has 0 aliphatic carbocycles. The first-order chi connectivity index (χ1) is 8.86. The van der Waals surface area contributed by atoms with E-state index in [1.54, 1.807) is 13.8 Å². The summed E-state index contributed by atoms with van der Waals surface area (Å²) in [5.74, 6) is -1.78. The van der Waals surface area contributed by atoms with Gasteiger partial charge < -0.3 is 10.1 Å². The molecule has 19 heavy (non-hydrogen) atoms. The molecule has 0 radical (unpaired) electrons. The van der Waals surface area contributed by atoms with Gasteiger partial charge in [-0.3, -0.25) is 4.79 Å². The third-order valence-electron chi connectivity index (χ3n) is 2.59. The van der Waals surface area contributed by atoms with Gasteiger partial charge in [0, 0.05) is 5.56 Å². The van der Waals surface area contributed by atoms with Gasteiger partial charge in [-0.1, -0.05) is 25.4 Å². The largest absolute Gasteiger partial charge is 0.467 e. The average molecular weight is 288 g/mol. The second-order valence-electron chi connectivity index (χ2n) is 4.35. The number of nitrogens with one attached hydrogen (secondary N) is 1. The number of carbonyl (C=O) groups is 2. The zero-order valence-corrected chi connectivity index (χ0v) is 11.6. The number of hydrogen-bond donors (Lipinski definition) is 1. The van der Waals surface area contributed by atoms with Gasteiger partial charge in [-0.2, -0.15) is 0 Å². The standard InChI is InChI=1S/C13H15ClFNO3/c1-7(2)11(13(18)19-3)16-12(17)8-4-5-10(15)9(14)6-8/h4-7,11H,1-3H3,(H,16,17). The number of esters is 1. The fourth-order valence-electron chi connectivity index (χ4n) is 1.49. The number of methoxy groups -OCH3 is 1. The Kier molecular flexibility index (Phi) is 5.30. The van der Waals surface area contributed by atoms with Gasteiger partial charge in [0.25, 0.3) is 5.91 Å². The number of hydrogen-bond acceptors (Lipinski definition) is 3. The molecule has 1 atom stereocenters. The SMILES string of the molecule is COC(=O)C(NC(=O)c1ccc(F)c(Cl)c1)C(C)C. The summed E-state index contributed by atoms with van der Waals surface area (Å²) in [6.07, 6.45) is 0. The molecule has 1 rings (SSSR count). The van der Waals surface area contributed by atoms with Crippen molar-refractivity contribution in [3.8, 4) is 0 Å². The Balaban J connectivity index is 2.87. The van der Waals surface area contributed by atoms with E-state index in [0.29, 0.717) is 0 Å². The molecule has 0 aliphatic heterocycles. The Labute approximate surface area is 115 Å². The molecule has 1 N–H and O–H groups in total. The van der Waals surface area contributed by atoms with Gasteiger partial charge in [0.15, 0.2) is 0 Å². The normalized spacial score (nSPS) is 12.1. The Bertz CT molecular complexity index is 491. The van der Waals surface area contributed by atoms with Crippen LogP contribution in [0.1, 0.15) is 24.2 Å². The summed E-state index contributed by atoms with van der Waals surface area (Å²) in [5.41, 5.74) is 0.181. The predicted molar refractivity (Wildman–Crippen MR) is 69.5 cm³/mol. The summed E-state index contributed by atoms with van der Waals surface area (Å²) in [6, 6.07) is 2.84. The molecule has 0 aliphatic rings. The lowest BCUT2D eigenvalue weighted by molar-refractivity contribution is -0.144. The maximum atomic E-state index is 13.0. The number of carbonyl (C=O) groups excluding carboxylic acids is 2. The molecule has 1 unspecified atom stereocenters. The molecule has 4 nitrogen and oxygen atoms in total. The van der Waals surface area contributed by atoms with E-state index in [2.05, 4.69) is 10.1 Å². The summed E-state index contributed by atoms with van der Waals surface area (Å²) in [5, 5.41) is 2.39. The first-order valence-electron chi connectivity index (χ1n) is 5.70. The van der Waals surface area contributed by atoms with Crippen molar-refractivity contribution in [3.63, 3.8) is 0 Å². The predicted octanol–water partition coefficient (Wildman–Crippen LogP) is 2.41. The summed E-state index contributed by atoms with van der Waals surface area (Å²) in [6.45, 7) is 3.55. The highest BCUT2D eigenvalue weighted by molar-refractivity contribution is 6.31. The Morgan fingerprint density at radius 3 is 2.47 bits per heavy atom. The lowest BCUT2D eigenvalue weighted by atomic mass is 10.0. The molecule has 6 heteroatoms. The minimum atomic E-state index is -0.763. The lowest BCUT2D eigenvalue weighted by Crippen LogP contribution is -2.45. The molecule has 0 heterocycles. The van der Waals surface area contributed by atoms with Crippen LogP contribution in [0.5, 0.6) is 0 Å². The number of halogens is 2. The van der Waals surface area contributed by atoms with Gasteiger partial charge in [-0.25, -0.2) is 9.18 Å². The van der Waals surface area contributed by atoms with Crippen molar-refractivity contribution >= 4 is 23.5 Å². The molecule has 1 amide bonds. The van der Waals surface area contributed by atoms with Crippen LogP contribution in [0.4, 0.5) is 4.39 Å². The number of rotatable bonds is 4. The zero-order chi connectivity index (χ0) is 14.6. The first kappa shape index (κ1) is 15.4. The van der Waals surface area contributed by atoms with Gasteiger partial charge in [-0.15, -0.1) is 0 Å². The Morgan fingerprint density at radius 2 is 2.00 bits per heavy atom. The molecule has 0 fully saturated rings. The van der Waals surface area contributed by atoms with Gasteiger partial charge in [0.1, 0.15) is 11.9 Å². The maximum Gasteiger partial charge on any atom is 0.328 e. The van der Waals surface area contributed by atoms with E-state index >= 15 is 0 Å². The number of benzene rings is 1. The van der Waals surface area contributed by atoms with Crippen LogP contribution in [-0.2, 0) is 9.53 Å². The van der Waals surface area contributed by atoms with Crippen LogP contribution < -0.4 is 5.32 Å². The third kappa shape index (κ3) is 3.92. The van der Waals surface area contributed by atoms with E-state index in [9.17, 15) is 14.0 Å². The van der Waals surface area contributed by atoms with Gasteiger partial charge in [0.05, 0.1) is 12.1 Å². The van der Waals surface area contributed by atoms with Crippen LogP contribution in [0.2, 0.25) is 5.02 Å². The van der Waals surface area contributed by atoms with E-state index in [1.165, 1.54) is 19.2 Å². The molecule has 1 aromatic rings. The van der Waals surface area contributed by atoms with Crippen molar-refractivity contribution in [2.75, 3.05) is 7.11 Å².